The molecule has 0 radical (unpaired) electrons. The summed E-state index contributed by atoms with van der Waals surface area (Å²) in [5.41, 5.74) is 6.12. The number of hydrogen-bond acceptors (Lipinski definition) is 4. The zero-order chi connectivity index (χ0) is 14.3. The SMILES string of the molecule is CC1CCCN(S(=O)(=O)NC2C(N)C3CCCOC32)C1. The Morgan fingerprint density at radius 3 is 2.85 bits per heavy atom. The van der Waals surface area contributed by atoms with Gasteiger partial charge in [-0.3, -0.25) is 0 Å². The van der Waals surface area contributed by atoms with Crippen molar-refractivity contribution in [3.05, 3.63) is 0 Å². The summed E-state index contributed by atoms with van der Waals surface area (Å²) in [7, 11) is -3.44. The highest BCUT2D eigenvalue weighted by Crippen LogP contribution is 2.37. The fraction of sp³-hybridized carbons (Fsp3) is 1.00. The Kier molecular flexibility index (Phi) is 4.07. The Morgan fingerprint density at radius 1 is 1.30 bits per heavy atom. The van der Waals surface area contributed by atoms with E-state index >= 15 is 0 Å². The van der Waals surface area contributed by atoms with Gasteiger partial charge in [0.05, 0.1) is 12.1 Å². The molecule has 0 aromatic heterocycles. The highest BCUT2D eigenvalue weighted by Gasteiger charge is 2.52. The summed E-state index contributed by atoms with van der Waals surface area (Å²) < 4.78 is 34.9. The highest BCUT2D eigenvalue weighted by atomic mass is 32.2. The summed E-state index contributed by atoms with van der Waals surface area (Å²) in [5.74, 6) is 0.741. The molecule has 0 aromatic rings. The average molecular weight is 303 g/mol. The van der Waals surface area contributed by atoms with E-state index in [1.54, 1.807) is 4.31 Å². The van der Waals surface area contributed by atoms with Crippen molar-refractivity contribution in [1.82, 2.24) is 9.03 Å². The summed E-state index contributed by atoms with van der Waals surface area (Å²) in [5, 5.41) is 0. The Labute approximate surface area is 121 Å². The van der Waals surface area contributed by atoms with Crippen LogP contribution < -0.4 is 10.5 Å². The molecule has 3 aliphatic rings. The van der Waals surface area contributed by atoms with Crippen LogP contribution in [-0.4, -0.2) is 50.6 Å². The van der Waals surface area contributed by atoms with Gasteiger partial charge >= 0.3 is 0 Å². The predicted octanol–water partition coefficient (Wildman–Crippen LogP) is 0.0574. The van der Waals surface area contributed by atoms with Crippen LogP contribution >= 0.6 is 0 Å². The van der Waals surface area contributed by atoms with Gasteiger partial charge in [-0.25, -0.2) is 0 Å². The lowest BCUT2D eigenvalue weighted by molar-refractivity contribution is -0.114. The number of nitrogens with zero attached hydrogens (tertiary/aromatic N) is 1. The molecule has 7 heteroatoms. The number of hydrogen-bond donors (Lipinski definition) is 2. The number of nitrogens with one attached hydrogen (secondary N) is 1. The molecule has 0 aromatic carbocycles. The molecule has 0 spiro atoms. The second-order valence-corrected chi connectivity index (χ2v) is 8.18. The zero-order valence-corrected chi connectivity index (χ0v) is 12.8. The van der Waals surface area contributed by atoms with Crippen LogP contribution in [0.15, 0.2) is 0 Å². The maximum atomic E-state index is 12.5. The number of nitrogens with two attached hydrogens (primary N) is 1. The monoisotopic (exact) mass is 303 g/mol. The van der Waals surface area contributed by atoms with E-state index in [4.69, 9.17) is 10.5 Å². The molecule has 3 fully saturated rings. The lowest BCUT2D eigenvalue weighted by Gasteiger charge is -2.52. The third kappa shape index (κ3) is 2.62. The van der Waals surface area contributed by atoms with Gasteiger partial charge in [-0.1, -0.05) is 6.92 Å². The van der Waals surface area contributed by atoms with Gasteiger partial charge in [0.15, 0.2) is 0 Å². The number of rotatable bonds is 3. The second-order valence-electron chi connectivity index (χ2n) is 6.47. The first-order valence-electron chi connectivity index (χ1n) is 7.63. The van der Waals surface area contributed by atoms with Crippen molar-refractivity contribution < 1.29 is 13.2 Å². The van der Waals surface area contributed by atoms with Crippen molar-refractivity contribution in [2.45, 2.75) is 50.8 Å². The molecule has 1 saturated carbocycles. The van der Waals surface area contributed by atoms with Crippen LogP contribution in [0.4, 0.5) is 0 Å². The Hall–Kier alpha value is -0.210. The van der Waals surface area contributed by atoms with E-state index in [9.17, 15) is 8.42 Å². The Balaban J connectivity index is 1.64. The molecule has 5 atom stereocenters. The van der Waals surface area contributed by atoms with Crippen molar-refractivity contribution in [2.24, 2.45) is 17.6 Å². The third-order valence-corrected chi connectivity index (χ3v) is 6.50. The topological polar surface area (TPSA) is 84.7 Å². The number of fused-ring (bicyclic) bond motifs is 1. The van der Waals surface area contributed by atoms with Gasteiger partial charge in [-0.2, -0.15) is 17.4 Å². The smallest absolute Gasteiger partial charge is 0.279 e. The normalized spacial score (nSPS) is 42.8. The van der Waals surface area contributed by atoms with Crippen LogP contribution in [0.3, 0.4) is 0 Å². The number of ether oxygens (including phenoxy) is 1. The van der Waals surface area contributed by atoms with Crippen molar-refractivity contribution in [1.29, 1.82) is 0 Å². The highest BCUT2D eigenvalue weighted by molar-refractivity contribution is 7.87. The molecule has 3 N–H and O–H groups in total. The van der Waals surface area contributed by atoms with E-state index in [1.165, 1.54) is 0 Å². The maximum Gasteiger partial charge on any atom is 0.279 e. The van der Waals surface area contributed by atoms with Crippen molar-refractivity contribution in [2.75, 3.05) is 19.7 Å². The quantitative estimate of drug-likeness (QED) is 0.772. The molecule has 20 heavy (non-hydrogen) atoms. The third-order valence-electron chi connectivity index (χ3n) is 4.92. The summed E-state index contributed by atoms with van der Waals surface area (Å²) in [6, 6.07) is -0.375. The van der Waals surface area contributed by atoms with Crippen LogP contribution in [0.5, 0.6) is 0 Å². The second kappa shape index (κ2) is 5.53. The van der Waals surface area contributed by atoms with E-state index in [0.29, 0.717) is 31.5 Å². The molecule has 2 saturated heterocycles. The van der Waals surface area contributed by atoms with Gasteiger partial charge < -0.3 is 10.5 Å². The van der Waals surface area contributed by atoms with E-state index in [-0.39, 0.29) is 18.2 Å². The van der Waals surface area contributed by atoms with Crippen molar-refractivity contribution in [3.63, 3.8) is 0 Å². The molecule has 3 rings (SSSR count). The van der Waals surface area contributed by atoms with Gasteiger partial charge in [-0.15, -0.1) is 0 Å². The largest absolute Gasteiger partial charge is 0.376 e. The molecule has 116 valence electrons. The van der Waals surface area contributed by atoms with Crippen LogP contribution in [-0.2, 0) is 14.9 Å². The van der Waals surface area contributed by atoms with E-state index < -0.39 is 10.2 Å². The molecule has 0 bridgehead atoms. The fourth-order valence-corrected chi connectivity index (χ4v) is 5.31. The van der Waals surface area contributed by atoms with Crippen LogP contribution in [0.1, 0.15) is 32.6 Å². The van der Waals surface area contributed by atoms with Gasteiger partial charge in [0.1, 0.15) is 0 Å². The molecule has 2 aliphatic heterocycles. The summed E-state index contributed by atoms with van der Waals surface area (Å²) in [6.45, 7) is 4.02. The van der Waals surface area contributed by atoms with Gasteiger partial charge in [0.25, 0.3) is 10.2 Å². The molecular formula is C13H25N3O3S. The lowest BCUT2D eigenvalue weighted by atomic mass is 9.69. The van der Waals surface area contributed by atoms with Crippen molar-refractivity contribution >= 4 is 10.2 Å². The fourth-order valence-electron chi connectivity index (χ4n) is 3.70. The molecule has 6 nitrogen and oxygen atoms in total. The Morgan fingerprint density at radius 2 is 2.10 bits per heavy atom. The minimum Gasteiger partial charge on any atom is -0.376 e. The molecule has 2 heterocycles. The summed E-state index contributed by atoms with van der Waals surface area (Å²) >= 11 is 0. The van der Waals surface area contributed by atoms with E-state index in [2.05, 4.69) is 11.6 Å². The lowest BCUT2D eigenvalue weighted by Crippen LogP contribution is -2.72. The van der Waals surface area contributed by atoms with Gasteiger partial charge in [-0.05, 0) is 31.6 Å². The first kappa shape index (κ1) is 14.7. The van der Waals surface area contributed by atoms with Crippen LogP contribution in [0, 0.1) is 11.8 Å². The molecule has 0 amide bonds. The minimum absolute atomic E-state index is 0.0317. The zero-order valence-electron chi connectivity index (χ0n) is 12.0. The van der Waals surface area contributed by atoms with E-state index in [1.807, 2.05) is 0 Å². The maximum absolute atomic E-state index is 12.5. The van der Waals surface area contributed by atoms with Gasteiger partial charge in [0.2, 0.25) is 0 Å². The Bertz CT molecular complexity index is 456. The first-order valence-corrected chi connectivity index (χ1v) is 9.07. The minimum atomic E-state index is -3.44. The average Bonchev–Trinajstić information content (AvgIpc) is 2.44. The van der Waals surface area contributed by atoms with E-state index in [0.717, 1.165) is 25.7 Å². The predicted molar refractivity (Wildman–Crippen MR) is 76.3 cm³/mol. The van der Waals surface area contributed by atoms with Crippen LogP contribution in [0.2, 0.25) is 0 Å². The first-order chi connectivity index (χ1) is 9.49. The van der Waals surface area contributed by atoms with Gasteiger partial charge in [0, 0.05) is 31.7 Å². The summed E-state index contributed by atoms with van der Waals surface area (Å²) in [6.07, 6.45) is 4.07. The number of piperidine rings is 1. The van der Waals surface area contributed by atoms with Crippen molar-refractivity contribution in [3.8, 4) is 0 Å². The standard InChI is InChI=1S/C13H25N3O3S/c1-9-4-2-6-16(8-9)20(17,18)15-12-11(14)10-5-3-7-19-13(10)12/h9-13,15H,2-8,14H2,1H3. The molecule has 5 unspecified atom stereocenters. The molecular weight excluding hydrogens is 278 g/mol. The molecule has 1 aliphatic carbocycles. The van der Waals surface area contributed by atoms with Crippen LogP contribution in [0.25, 0.3) is 0 Å². The summed E-state index contributed by atoms with van der Waals surface area (Å²) in [4.78, 5) is 0.